The van der Waals surface area contributed by atoms with Gasteiger partial charge in [-0.2, -0.15) is 0 Å². The van der Waals surface area contributed by atoms with Gasteiger partial charge in [-0.05, 0) is 31.0 Å². The van der Waals surface area contributed by atoms with E-state index in [-0.39, 0.29) is 0 Å². The van der Waals surface area contributed by atoms with E-state index in [1.54, 1.807) is 0 Å². The summed E-state index contributed by atoms with van der Waals surface area (Å²) in [7, 11) is 2.02. The average Bonchev–Trinajstić information content (AvgIpc) is 2.27. The number of nitrogens with zero attached hydrogens (tertiary/aromatic N) is 1. The molecule has 0 aliphatic rings. The number of nitrogens with one attached hydrogen (secondary N) is 1. The fourth-order valence-corrected chi connectivity index (χ4v) is 2.02. The minimum atomic E-state index is 0.445. The van der Waals surface area contributed by atoms with Crippen molar-refractivity contribution < 1.29 is 0 Å². The first-order valence-corrected chi connectivity index (χ1v) is 5.85. The summed E-state index contributed by atoms with van der Waals surface area (Å²) in [5.74, 6) is 0.771. The number of hydrogen-bond acceptors (Lipinski definition) is 2. The Hall–Kier alpha value is -0.890. The van der Waals surface area contributed by atoms with Crippen LogP contribution in [-0.4, -0.2) is 12.0 Å². The van der Waals surface area contributed by atoms with Crippen molar-refractivity contribution in [1.82, 2.24) is 10.3 Å². The Morgan fingerprint density at radius 3 is 2.80 bits per heavy atom. The Kier molecular flexibility index (Phi) is 5.33. The largest absolute Gasteiger partial charge is 0.313 e. The molecule has 2 nitrogen and oxygen atoms in total. The van der Waals surface area contributed by atoms with Crippen LogP contribution in [0, 0.1) is 5.92 Å². The molecule has 1 heterocycles. The van der Waals surface area contributed by atoms with Crippen LogP contribution < -0.4 is 5.32 Å². The zero-order valence-electron chi connectivity index (χ0n) is 10.0. The van der Waals surface area contributed by atoms with E-state index in [2.05, 4.69) is 30.2 Å². The lowest BCUT2D eigenvalue weighted by molar-refractivity contribution is 0.406. The molecule has 0 aromatic carbocycles. The molecule has 2 heteroatoms. The van der Waals surface area contributed by atoms with Crippen LogP contribution in [0.15, 0.2) is 24.5 Å². The number of rotatable bonds is 6. The van der Waals surface area contributed by atoms with Crippen molar-refractivity contribution in [1.29, 1.82) is 0 Å². The first-order valence-electron chi connectivity index (χ1n) is 5.85. The average molecular weight is 206 g/mol. The van der Waals surface area contributed by atoms with E-state index in [9.17, 15) is 0 Å². The summed E-state index contributed by atoms with van der Waals surface area (Å²) in [6.45, 7) is 4.57. The van der Waals surface area contributed by atoms with Crippen LogP contribution in [0.3, 0.4) is 0 Å². The Balaban J connectivity index is 2.56. The zero-order chi connectivity index (χ0) is 11.1. The van der Waals surface area contributed by atoms with Gasteiger partial charge in [0.25, 0.3) is 0 Å². The number of pyridine rings is 1. The molecule has 84 valence electrons. The third-order valence-electron chi connectivity index (χ3n) is 2.85. The summed E-state index contributed by atoms with van der Waals surface area (Å²) in [6.07, 6.45) is 7.55. The summed E-state index contributed by atoms with van der Waals surface area (Å²) >= 11 is 0. The maximum absolute atomic E-state index is 4.17. The van der Waals surface area contributed by atoms with E-state index in [0.717, 1.165) is 5.92 Å². The van der Waals surface area contributed by atoms with E-state index in [1.807, 2.05) is 25.5 Å². The molecule has 0 saturated heterocycles. The van der Waals surface area contributed by atoms with Crippen molar-refractivity contribution in [2.24, 2.45) is 5.92 Å². The molecule has 0 amide bonds. The smallest absolute Gasteiger partial charge is 0.0335 e. The molecule has 1 aromatic heterocycles. The second-order valence-electron chi connectivity index (χ2n) is 4.26. The standard InChI is InChI=1S/C13H22N2/c1-4-6-11(2)9-13(14-3)12-7-5-8-15-10-12/h5,7-8,10-11,13-14H,4,6,9H2,1-3H3. The van der Waals surface area contributed by atoms with Crippen LogP contribution in [0.5, 0.6) is 0 Å². The molecule has 0 aliphatic heterocycles. The highest BCUT2D eigenvalue weighted by molar-refractivity contribution is 5.13. The molecule has 2 unspecified atom stereocenters. The summed E-state index contributed by atoms with van der Waals surface area (Å²) < 4.78 is 0. The van der Waals surface area contributed by atoms with Crippen LogP contribution in [-0.2, 0) is 0 Å². The van der Waals surface area contributed by atoms with Gasteiger partial charge in [0.05, 0.1) is 0 Å². The summed E-state index contributed by atoms with van der Waals surface area (Å²) in [4.78, 5) is 4.17. The first-order chi connectivity index (χ1) is 7.27. The monoisotopic (exact) mass is 206 g/mol. The van der Waals surface area contributed by atoms with Crippen molar-refractivity contribution in [3.63, 3.8) is 0 Å². The van der Waals surface area contributed by atoms with Crippen LogP contribution in [0.4, 0.5) is 0 Å². The van der Waals surface area contributed by atoms with Gasteiger partial charge in [-0.3, -0.25) is 4.98 Å². The molecular weight excluding hydrogens is 184 g/mol. The number of aromatic nitrogens is 1. The second-order valence-corrected chi connectivity index (χ2v) is 4.26. The van der Waals surface area contributed by atoms with Crippen molar-refractivity contribution >= 4 is 0 Å². The quantitative estimate of drug-likeness (QED) is 0.773. The van der Waals surface area contributed by atoms with Gasteiger partial charge in [0.15, 0.2) is 0 Å². The zero-order valence-corrected chi connectivity index (χ0v) is 10.0. The van der Waals surface area contributed by atoms with Gasteiger partial charge in [-0.25, -0.2) is 0 Å². The Bertz CT molecular complexity index is 258. The molecule has 0 fully saturated rings. The molecule has 1 N–H and O–H groups in total. The van der Waals surface area contributed by atoms with E-state index in [4.69, 9.17) is 0 Å². The van der Waals surface area contributed by atoms with Gasteiger partial charge in [0.1, 0.15) is 0 Å². The van der Waals surface area contributed by atoms with Crippen molar-refractivity contribution in [2.75, 3.05) is 7.05 Å². The van der Waals surface area contributed by atoms with Gasteiger partial charge >= 0.3 is 0 Å². The van der Waals surface area contributed by atoms with Gasteiger partial charge in [0, 0.05) is 18.4 Å². The fraction of sp³-hybridized carbons (Fsp3) is 0.615. The molecule has 0 radical (unpaired) electrons. The predicted octanol–water partition coefficient (Wildman–Crippen LogP) is 3.17. The third kappa shape index (κ3) is 4.00. The van der Waals surface area contributed by atoms with E-state index >= 15 is 0 Å². The van der Waals surface area contributed by atoms with Crippen molar-refractivity contribution in [2.45, 2.75) is 39.2 Å². The van der Waals surface area contributed by atoms with Crippen LogP contribution in [0.25, 0.3) is 0 Å². The molecule has 1 aromatic rings. The maximum atomic E-state index is 4.17. The molecule has 2 atom stereocenters. The lowest BCUT2D eigenvalue weighted by Gasteiger charge is -2.20. The lowest BCUT2D eigenvalue weighted by Crippen LogP contribution is -2.19. The normalized spacial score (nSPS) is 14.9. The van der Waals surface area contributed by atoms with Gasteiger partial charge in [-0.15, -0.1) is 0 Å². The summed E-state index contributed by atoms with van der Waals surface area (Å²) in [5.41, 5.74) is 1.29. The minimum absolute atomic E-state index is 0.445. The first kappa shape index (κ1) is 12.2. The fourth-order valence-electron chi connectivity index (χ4n) is 2.02. The van der Waals surface area contributed by atoms with E-state index < -0.39 is 0 Å². The van der Waals surface area contributed by atoms with E-state index in [1.165, 1.54) is 24.8 Å². The Morgan fingerprint density at radius 1 is 1.47 bits per heavy atom. The highest BCUT2D eigenvalue weighted by atomic mass is 14.9. The van der Waals surface area contributed by atoms with Crippen LogP contribution in [0.2, 0.25) is 0 Å². The Labute approximate surface area is 93.1 Å². The summed E-state index contributed by atoms with van der Waals surface area (Å²) in [5, 5.41) is 3.37. The second kappa shape index (κ2) is 6.57. The van der Waals surface area contributed by atoms with E-state index in [0.29, 0.717) is 6.04 Å². The maximum Gasteiger partial charge on any atom is 0.0335 e. The molecule has 0 aliphatic carbocycles. The molecule has 0 bridgehead atoms. The summed E-state index contributed by atoms with van der Waals surface area (Å²) in [6, 6.07) is 4.59. The van der Waals surface area contributed by atoms with Gasteiger partial charge in [-0.1, -0.05) is 32.8 Å². The van der Waals surface area contributed by atoms with Crippen LogP contribution in [0.1, 0.15) is 44.7 Å². The predicted molar refractivity (Wildman–Crippen MR) is 64.7 cm³/mol. The molecule has 0 saturated carbocycles. The highest BCUT2D eigenvalue weighted by Gasteiger charge is 2.12. The minimum Gasteiger partial charge on any atom is -0.313 e. The molecule has 0 spiro atoms. The van der Waals surface area contributed by atoms with Crippen molar-refractivity contribution in [3.8, 4) is 0 Å². The Morgan fingerprint density at radius 2 is 2.27 bits per heavy atom. The van der Waals surface area contributed by atoms with Gasteiger partial charge in [0.2, 0.25) is 0 Å². The molecule has 15 heavy (non-hydrogen) atoms. The molecule has 1 rings (SSSR count). The third-order valence-corrected chi connectivity index (χ3v) is 2.85. The van der Waals surface area contributed by atoms with Crippen LogP contribution >= 0.6 is 0 Å². The SMILES string of the molecule is CCCC(C)CC(NC)c1cccnc1. The van der Waals surface area contributed by atoms with Gasteiger partial charge < -0.3 is 5.32 Å². The topological polar surface area (TPSA) is 24.9 Å². The number of hydrogen-bond donors (Lipinski definition) is 1. The van der Waals surface area contributed by atoms with Crippen molar-refractivity contribution in [3.05, 3.63) is 30.1 Å². The lowest BCUT2D eigenvalue weighted by atomic mass is 9.94. The highest BCUT2D eigenvalue weighted by Crippen LogP contribution is 2.22. The molecular formula is C13H22N2.